The number of hydrogen-bond acceptors (Lipinski definition) is 3. The van der Waals surface area contributed by atoms with E-state index in [-0.39, 0.29) is 0 Å². The van der Waals surface area contributed by atoms with E-state index in [0.29, 0.717) is 16.8 Å². The van der Waals surface area contributed by atoms with Gasteiger partial charge in [-0.3, -0.25) is 14.4 Å². The number of nitrogens with one attached hydrogen (secondary N) is 1. The number of ketones is 2. The molecule has 0 radical (unpaired) electrons. The van der Waals surface area contributed by atoms with Gasteiger partial charge < -0.3 is 5.32 Å². The van der Waals surface area contributed by atoms with Crippen LogP contribution in [0.5, 0.6) is 0 Å². The second kappa shape index (κ2) is 8.23. The highest BCUT2D eigenvalue weighted by Gasteiger charge is 2.35. The highest BCUT2D eigenvalue weighted by atomic mass is 16.2. The predicted molar refractivity (Wildman–Crippen MR) is 105 cm³/mol. The first-order chi connectivity index (χ1) is 13.1. The maximum Gasteiger partial charge on any atom is 0.243 e. The molecule has 1 amide bonds. The summed E-state index contributed by atoms with van der Waals surface area (Å²) in [6, 6.07) is 24.0. The van der Waals surface area contributed by atoms with Crippen molar-refractivity contribution in [3.63, 3.8) is 0 Å². The van der Waals surface area contributed by atoms with Crippen molar-refractivity contribution in [2.24, 2.45) is 5.92 Å². The maximum absolute atomic E-state index is 13.0. The average Bonchev–Trinajstić information content (AvgIpc) is 2.71. The first-order valence-electron chi connectivity index (χ1n) is 8.62. The Morgan fingerprint density at radius 2 is 1.11 bits per heavy atom. The van der Waals surface area contributed by atoms with Gasteiger partial charge in [-0.2, -0.15) is 0 Å². The molecule has 3 rings (SSSR count). The molecule has 0 saturated carbocycles. The smallest absolute Gasteiger partial charge is 0.243 e. The summed E-state index contributed by atoms with van der Waals surface area (Å²) in [5.74, 6) is -3.12. The number of anilines is 1. The molecular formula is C23H19NO3. The molecule has 4 nitrogen and oxygen atoms in total. The number of benzene rings is 3. The molecule has 4 heteroatoms. The van der Waals surface area contributed by atoms with Crippen molar-refractivity contribution in [1.82, 2.24) is 0 Å². The summed E-state index contributed by atoms with van der Waals surface area (Å²) < 4.78 is 0. The van der Waals surface area contributed by atoms with Crippen LogP contribution in [-0.4, -0.2) is 17.5 Å². The molecule has 134 valence electrons. The van der Waals surface area contributed by atoms with Crippen LogP contribution < -0.4 is 5.32 Å². The molecule has 3 aromatic carbocycles. The second-order valence-corrected chi connectivity index (χ2v) is 6.25. The van der Waals surface area contributed by atoms with E-state index >= 15 is 0 Å². The lowest BCUT2D eigenvalue weighted by Crippen LogP contribution is -2.36. The van der Waals surface area contributed by atoms with E-state index in [1.54, 1.807) is 72.8 Å². The third kappa shape index (κ3) is 4.36. The van der Waals surface area contributed by atoms with Crippen LogP contribution in [0.1, 0.15) is 26.3 Å². The number of carbonyl (C=O) groups is 3. The van der Waals surface area contributed by atoms with Gasteiger partial charge in [-0.05, 0) is 19.1 Å². The molecule has 27 heavy (non-hydrogen) atoms. The fraction of sp³-hybridized carbons (Fsp3) is 0.0870. The van der Waals surface area contributed by atoms with Gasteiger partial charge in [0.05, 0.1) is 0 Å². The zero-order valence-electron chi connectivity index (χ0n) is 14.9. The van der Waals surface area contributed by atoms with Crippen LogP contribution in [0.15, 0.2) is 84.9 Å². The van der Waals surface area contributed by atoms with E-state index in [1.807, 2.05) is 19.1 Å². The minimum Gasteiger partial charge on any atom is -0.325 e. The Kier molecular flexibility index (Phi) is 5.57. The van der Waals surface area contributed by atoms with Gasteiger partial charge in [-0.15, -0.1) is 0 Å². The number of hydrogen-bond donors (Lipinski definition) is 1. The summed E-state index contributed by atoms with van der Waals surface area (Å²) in [7, 11) is 0. The number of carbonyl (C=O) groups excluding carboxylic acids is 3. The lowest BCUT2D eigenvalue weighted by atomic mass is 9.89. The van der Waals surface area contributed by atoms with Crippen molar-refractivity contribution < 1.29 is 14.4 Å². The zero-order valence-corrected chi connectivity index (χ0v) is 14.9. The van der Waals surface area contributed by atoms with Gasteiger partial charge in [0.15, 0.2) is 17.5 Å². The van der Waals surface area contributed by atoms with Crippen molar-refractivity contribution in [1.29, 1.82) is 0 Å². The molecule has 0 aliphatic heterocycles. The molecule has 0 heterocycles. The van der Waals surface area contributed by atoms with Gasteiger partial charge in [-0.25, -0.2) is 0 Å². The van der Waals surface area contributed by atoms with Crippen LogP contribution in [0.25, 0.3) is 0 Å². The minimum atomic E-state index is -1.45. The fourth-order valence-electron chi connectivity index (χ4n) is 2.75. The van der Waals surface area contributed by atoms with Crippen molar-refractivity contribution in [2.45, 2.75) is 6.92 Å². The lowest BCUT2D eigenvalue weighted by molar-refractivity contribution is -0.117. The van der Waals surface area contributed by atoms with Crippen LogP contribution >= 0.6 is 0 Å². The molecule has 3 aromatic rings. The van der Waals surface area contributed by atoms with Crippen LogP contribution in [0.4, 0.5) is 5.69 Å². The summed E-state index contributed by atoms with van der Waals surface area (Å²) in [4.78, 5) is 38.8. The monoisotopic (exact) mass is 357 g/mol. The van der Waals surface area contributed by atoms with E-state index in [9.17, 15) is 14.4 Å². The minimum absolute atomic E-state index is 0.325. The number of amides is 1. The average molecular weight is 357 g/mol. The van der Waals surface area contributed by atoms with E-state index in [0.717, 1.165) is 5.56 Å². The van der Waals surface area contributed by atoms with Crippen molar-refractivity contribution in [2.75, 3.05) is 5.32 Å². The van der Waals surface area contributed by atoms with Crippen LogP contribution in [0, 0.1) is 12.8 Å². The Bertz CT molecular complexity index is 896. The standard InChI is InChI=1S/C23H19NO3/c1-16-12-14-19(15-13-16)24-23(27)20(21(25)17-8-4-2-5-9-17)22(26)18-10-6-3-7-11-18/h2-15,20H,1H3,(H,24,27). The highest BCUT2D eigenvalue weighted by molar-refractivity contribution is 6.29. The topological polar surface area (TPSA) is 63.2 Å². The van der Waals surface area contributed by atoms with Gasteiger partial charge in [0.25, 0.3) is 0 Å². The molecule has 1 N–H and O–H groups in total. The summed E-state index contributed by atoms with van der Waals surface area (Å²) in [5.41, 5.74) is 2.24. The molecule has 0 unspecified atom stereocenters. The Balaban J connectivity index is 1.93. The lowest BCUT2D eigenvalue weighted by Gasteiger charge is -2.15. The fourth-order valence-corrected chi connectivity index (χ4v) is 2.75. The maximum atomic E-state index is 13.0. The molecule has 0 aliphatic carbocycles. The van der Waals surface area contributed by atoms with Crippen molar-refractivity contribution in [3.05, 3.63) is 102 Å². The van der Waals surface area contributed by atoms with Gasteiger partial charge in [0, 0.05) is 16.8 Å². The third-order valence-corrected chi connectivity index (χ3v) is 4.22. The number of aryl methyl sites for hydroxylation is 1. The summed E-state index contributed by atoms with van der Waals surface area (Å²) in [5, 5.41) is 2.69. The number of Topliss-reactive ketones (excluding diaryl/α,β-unsaturated/α-hetero) is 2. The predicted octanol–water partition coefficient (Wildman–Crippen LogP) is 4.32. The zero-order chi connectivity index (χ0) is 19.2. The van der Waals surface area contributed by atoms with E-state index in [1.165, 1.54) is 0 Å². The van der Waals surface area contributed by atoms with E-state index < -0.39 is 23.4 Å². The number of rotatable bonds is 6. The normalized spacial score (nSPS) is 10.4. The molecule has 0 aromatic heterocycles. The van der Waals surface area contributed by atoms with E-state index in [2.05, 4.69) is 5.32 Å². The largest absolute Gasteiger partial charge is 0.325 e. The quantitative estimate of drug-likeness (QED) is 0.528. The van der Waals surface area contributed by atoms with Gasteiger partial charge in [0.1, 0.15) is 0 Å². The Hall–Kier alpha value is -3.53. The molecule has 0 atom stereocenters. The third-order valence-electron chi connectivity index (χ3n) is 4.22. The Labute approximate surface area is 157 Å². The van der Waals surface area contributed by atoms with Crippen LogP contribution in [0.3, 0.4) is 0 Å². The highest BCUT2D eigenvalue weighted by Crippen LogP contribution is 2.18. The first kappa shape index (κ1) is 18.3. The molecule has 0 spiro atoms. The van der Waals surface area contributed by atoms with Gasteiger partial charge in [-0.1, -0.05) is 78.4 Å². The summed E-state index contributed by atoms with van der Waals surface area (Å²) in [6.45, 7) is 1.94. The molecule has 0 fully saturated rings. The van der Waals surface area contributed by atoms with Gasteiger partial charge in [0.2, 0.25) is 5.91 Å². The Morgan fingerprint density at radius 1 is 0.667 bits per heavy atom. The second-order valence-electron chi connectivity index (χ2n) is 6.25. The van der Waals surface area contributed by atoms with Crippen LogP contribution in [0.2, 0.25) is 0 Å². The van der Waals surface area contributed by atoms with Gasteiger partial charge >= 0.3 is 0 Å². The molecule has 0 bridgehead atoms. The first-order valence-corrected chi connectivity index (χ1v) is 8.62. The van der Waals surface area contributed by atoms with Crippen molar-refractivity contribution in [3.8, 4) is 0 Å². The van der Waals surface area contributed by atoms with Crippen molar-refractivity contribution >= 4 is 23.2 Å². The molecular weight excluding hydrogens is 338 g/mol. The SMILES string of the molecule is Cc1ccc(NC(=O)C(C(=O)c2ccccc2)C(=O)c2ccccc2)cc1. The summed E-state index contributed by atoms with van der Waals surface area (Å²) in [6.07, 6.45) is 0. The van der Waals surface area contributed by atoms with Crippen LogP contribution in [-0.2, 0) is 4.79 Å². The molecule has 0 aliphatic rings. The molecule has 0 saturated heterocycles. The Morgan fingerprint density at radius 3 is 1.56 bits per heavy atom. The summed E-state index contributed by atoms with van der Waals surface area (Å²) >= 11 is 0. The van der Waals surface area contributed by atoms with E-state index in [4.69, 9.17) is 0 Å².